The van der Waals surface area contributed by atoms with Gasteiger partial charge in [0, 0.05) is 30.5 Å². The van der Waals surface area contributed by atoms with Gasteiger partial charge in [0.15, 0.2) is 0 Å². The van der Waals surface area contributed by atoms with E-state index >= 15 is 0 Å². The second-order valence-electron chi connectivity index (χ2n) is 4.64. The van der Waals surface area contributed by atoms with E-state index in [1.807, 2.05) is 6.07 Å². The fourth-order valence-corrected chi connectivity index (χ4v) is 1.95. The van der Waals surface area contributed by atoms with Gasteiger partial charge in [0.2, 0.25) is 0 Å². The molecule has 1 amide bonds. The number of hydrogen-bond donors (Lipinski definition) is 3. The number of nitrogens with two attached hydrogens (primary N) is 2. The van der Waals surface area contributed by atoms with E-state index in [1.165, 1.54) is 4.90 Å². The number of rotatable bonds is 3. The maximum Gasteiger partial charge on any atom is 0.255 e. The lowest BCUT2D eigenvalue weighted by Crippen LogP contribution is -2.27. The van der Waals surface area contributed by atoms with Crippen molar-refractivity contribution in [1.29, 1.82) is 0 Å². The molecule has 0 saturated carbocycles. The number of carbonyl (C=O) groups is 1. The summed E-state index contributed by atoms with van der Waals surface area (Å²) in [6.07, 6.45) is 0. The molecule has 0 spiro atoms. The van der Waals surface area contributed by atoms with Gasteiger partial charge in [-0.25, -0.2) is 0 Å². The third-order valence-electron chi connectivity index (χ3n) is 3.05. The molecular formula is C15H17N3O2. The monoisotopic (exact) mass is 271 g/mol. The molecular weight excluding hydrogens is 254 g/mol. The average Bonchev–Trinajstić information content (AvgIpc) is 2.40. The number of amides is 1. The zero-order valence-corrected chi connectivity index (χ0v) is 11.2. The number of nitrogen functional groups attached to an aromatic ring is 2. The topological polar surface area (TPSA) is 92.6 Å². The van der Waals surface area contributed by atoms with Gasteiger partial charge in [-0.2, -0.15) is 0 Å². The molecule has 2 aromatic rings. The van der Waals surface area contributed by atoms with Crippen molar-refractivity contribution in [3.8, 4) is 5.75 Å². The van der Waals surface area contributed by atoms with Crippen LogP contribution in [0.4, 0.5) is 11.4 Å². The maximum atomic E-state index is 12.3. The molecule has 2 rings (SSSR count). The number of phenolic OH excluding ortho intramolecular Hbond substituents is 1. The van der Waals surface area contributed by atoms with Crippen molar-refractivity contribution in [2.45, 2.75) is 6.54 Å². The molecule has 5 N–H and O–H groups in total. The van der Waals surface area contributed by atoms with E-state index in [1.54, 1.807) is 43.4 Å². The molecule has 2 aromatic carbocycles. The molecule has 0 unspecified atom stereocenters. The highest BCUT2D eigenvalue weighted by Crippen LogP contribution is 2.21. The van der Waals surface area contributed by atoms with Crippen LogP contribution >= 0.6 is 0 Å². The fourth-order valence-electron chi connectivity index (χ4n) is 1.95. The Morgan fingerprint density at radius 3 is 2.55 bits per heavy atom. The predicted molar refractivity (Wildman–Crippen MR) is 79.2 cm³/mol. The minimum Gasteiger partial charge on any atom is -0.508 e. The summed E-state index contributed by atoms with van der Waals surface area (Å²) >= 11 is 0. The molecule has 0 bridgehead atoms. The number of benzene rings is 2. The van der Waals surface area contributed by atoms with Crippen LogP contribution < -0.4 is 11.5 Å². The quantitative estimate of drug-likeness (QED) is 0.742. The van der Waals surface area contributed by atoms with Crippen LogP contribution in [0.1, 0.15) is 15.9 Å². The molecule has 0 aliphatic heterocycles. The molecule has 104 valence electrons. The van der Waals surface area contributed by atoms with Gasteiger partial charge in [-0.05, 0) is 24.3 Å². The Morgan fingerprint density at radius 2 is 1.90 bits per heavy atom. The van der Waals surface area contributed by atoms with E-state index in [0.717, 1.165) is 0 Å². The summed E-state index contributed by atoms with van der Waals surface area (Å²) in [4.78, 5) is 13.8. The molecule has 0 atom stereocenters. The average molecular weight is 271 g/mol. The Kier molecular flexibility index (Phi) is 3.79. The number of phenols is 1. The molecule has 0 fully saturated rings. The molecule has 5 nitrogen and oxygen atoms in total. The Bertz CT molecular complexity index is 641. The number of carbonyl (C=O) groups excluding carboxylic acids is 1. The summed E-state index contributed by atoms with van der Waals surface area (Å²) in [7, 11) is 1.66. The second-order valence-corrected chi connectivity index (χ2v) is 4.64. The molecule has 20 heavy (non-hydrogen) atoms. The van der Waals surface area contributed by atoms with Gasteiger partial charge in [-0.1, -0.05) is 18.2 Å². The SMILES string of the molecule is CN(Cc1ccccc1O)C(=O)c1ccc(N)cc1N. The van der Waals surface area contributed by atoms with Crippen LogP contribution in [0.3, 0.4) is 0 Å². The number of aromatic hydroxyl groups is 1. The van der Waals surface area contributed by atoms with Crippen LogP contribution in [0.2, 0.25) is 0 Å². The van der Waals surface area contributed by atoms with Gasteiger partial charge in [0.05, 0.1) is 5.56 Å². The number of para-hydroxylation sites is 1. The summed E-state index contributed by atoms with van der Waals surface area (Å²) < 4.78 is 0. The first-order valence-corrected chi connectivity index (χ1v) is 6.16. The van der Waals surface area contributed by atoms with E-state index < -0.39 is 0 Å². The Hall–Kier alpha value is -2.69. The minimum absolute atomic E-state index is 0.164. The van der Waals surface area contributed by atoms with Crippen LogP contribution in [-0.2, 0) is 6.54 Å². The third kappa shape index (κ3) is 2.83. The van der Waals surface area contributed by atoms with Crippen molar-refractivity contribution in [1.82, 2.24) is 4.90 Å². The van der Waals surface area contributed by atoms with Crippen LogP contribution in [0.25, 0.3) is 0 Å². The molecule has 0 saturated heterocycles. The summed E-state index contributed by atoms with van der Waals surface area (Å²) in [6.45, 7) is 0.301. The lowest BCUT2D eigenvalue weighted by atomic mass is 10.1. The highest BCUT2D eigenvalue weighted by molar-refractivity contribution is 5.99. The standard InChI is InChI=1S/C15H17N3O2/c1-18(9-10-4-2-3-5-14(10)19)15(20)12-7-6-11(16)8-13(12)17/h2-8,19H,9,16-17H2,1H3. The molecule has 0 aliphatic rings. The Labute approximate surface area is 117 Å². The van der Waals surface area contributed by atoms with Crippen LogP contribution in [0, 0.1) is 0 Å². The summed E-state index contributed by atoms with van der Waals surface area (Å²) in [6, 6.07) is 11.7. The van der Waals surface area contributed by atoms with E-state index in [0.29, 0.717) is 29.0 Å². The molecule has 5 heteroatoms. The number of hydrogen-bond acceptors (Lipinski definition) is 4. The van der Waals surface area contributed by atoms with Gasteiger partial charge >= 0.3 is 0 Å². The smallest absolute Gasteiger partial charge is 0.255 e. The maximum absolute atomic E-state index is 12.3. The van der Waals surface area contributed by atoms with E-state index in [9.17, 15) is 9.90 Å². The molecule has 0 aromatic heterocycles. The zero-order valence-electron chi connectivity index (χ0n) is 11.2. The summed E-state index contributed by atoms with van der Waals surface area (Å²) in [5, 5.41) is 9.72. The zero-order chi connectivity index (χ0) is 14.7. The lowest BCUT2D eigenvalue weighted by Gasteiger charge is -2.19. The van der Waals surface area contributed by atoms with E-state index in [-0.39, 0.29) is 11.7 Å². The first-order valence-electron chi connectivity index (χ1n) is 6.16. The first-order chi connectivity index (χ1) is 9.49. The highest BCUT2D eigenvalue weighted by Gasteiger charge is 2.16. The van der Waals surface area contributed by atoms with Crippen molar-refractivity contribution in [3.63, 3.8) is 0 Å². The summed E-state index contributed by atoms with van der Waals surface area (Å²) in [5.41, 5.74) is 13.4. The van der Waals surface area contributed by atoms with Crippen molar-refractivity contribution in [2.75, 3.05) is 18.5 Å². The van der Waals surface area contributed by atoms with Crippen molar-refractivity contribution in [2.24, 2.45) is 0 Å². The normalized spacial score (nSPS) is 10.2. The van der Waals surface area contributed by atoms with Crippen LogP contribution in [0.5, 0.6) is 5.75 Å². The van der Waals surface area contributed by atoms with Gasteiger partial charge in [0.25, 0.3) is 5.91 Å². The van der Waals surface area contributed by atoms with Crippen molar-refractivity contribution in [3.05, 3.63) is 53.6 Å². The fraction of sp³-hybridized carbons (Fsp3) is 0.133. The van der Waals surface area contributed by atoms with E-state index in [2.05, 4.69) is 0 Å². The van der Waals surface area contributed by atoms with Gasteiger partial charge in [-0.15, -0.1) is 0 Å². The van der Waals surface area contributed by atoms with Gasteiger partial charge < -0.3 is 21.5 Å². The third-order valence-corrected chi connectivity index (χ3v) is 3.05. The van der Waals surface area contributed by atoms with Gasteiger partial charge in [-0.3, -0.25) is 4.79 Å². The van der Waals surface area contributed by atoms with Crippen molar-refractivity contribution >= 4 is 17.3 Å². The minimum atomic E-state index is -0.217. The van der Waals surface area contributed by atoms with Crippen LogP contribution in [0.15, 0.2) is 42.5 Å². The first kappa shape index (κ1) is 13.7. The van der Waals surface area contributed by atoms with Crippen LogP contribution in [-0.4, -0.2) is 23.0 Å². The van der Waals surface area contributed by atoms with E-state index in [4.69, 9.17) is 11.5 Å². The second kappa shape index (κ2) is 5.52. The number of anilines is 2. The molecule has 0 radical (unpaired) electrons. The highest BCUT2D eigenvalue weighted by atomic mass is 16.3. The number of nitrogens with zero attached hydrogens (tertiary/aromatic N) is 1. The van der Waals surface area contributed by atoms with Crippen molar-refractivity contribution < 1.29 is 9.90 Å². The largest absolute Gasteiger partial charge is 0.508 e. The van der Waals surface area contributed by atoms with Gasteiger partial charge in [0.1, 0.15) is 5.75 Å². The predicted octanol–water partition coefficient (Wildman–Crippen LogP) is 1.83. The Morgan fingerprint density at radius 1 is 1.20 bits per heavy atom. The molecule has 0 heterocycles. The lowest BCUT2D eigenvalue weighted by molar-refractivity contribution is 0.0785. The molecule has 0 aliphatic carbocycles. The Balaban J connectivity index is 2.19. The summed E-state index contributed by atoms with van der Waals surface area (Å²) in [5.74, 6) is -0.0526.